The van der Waals surface area contributed by atoms with Crippen molar-refractivity contribution in [1.29, 1.82) is 0 Å². The molecule has 1 aliphatic carbocycles. The lowest BCUT2D eigenvalue weighted by Crippen LogP contribution is -2.20. The van der Waals surface area contributed by atoms with Crippen molar-refractivity contribution in [2.75, 3.05) is 19.8 Å². The highest BCUT2D eigenvalue weighted by atomic mass is 16.5. The van der Waals surface area contributed by atoms with Gasteiger partial charge in [0.15, 0.2) is 11.5 Å². The average Bonchev–Trinajstić information content (AvgIpc) is 2.75. The third-order valence-corrected chi connectivity index (χ3v) is 5.42. The quantitative estimate of drug-likeness (QED) is 0.491. The van der Waals surface area contributed by atoms with Crippen molar-refractivity contribution in [3.63, 3.8) is 0 Å². The highest BCUT2D eigenvalue weighted by Crippen LogP contribution is 2.39. The molecule has 1 N–H and O–H groups in total. The van der Waals surface area contributed by atoms with Gasteiger partial charge >= 0.3 is 0 Å². The predicted octanol–water partition coefficient (Wildman–Crippen LogP) is 6.27. The molecule has 0 saturated heterocycles. The van der Waals surface area contributed by atoms with E-state index in [0.29, 0.717) is 42.6 Å². The summed E-state index contributed by atoms with van der Waals surface area (Å²) in [6, 6.07) is 3.40. The summed E-state index contributed by atoms with van der Waals surface area (Å²) in [5.41, 5.74) is 4.31. The van der Waals surface area contributed by atoms with Crippen LogP contribution in [0.1, 0.15) is 102 Å². The Morgan fingerprint density at radius 1 is 0.774 bits per heavy atom. The fourth-order valence-electron chi connectivity index (χ4n) is 3.85. The summed E-state index contributed by atoms with van der Waals surface area (Å²) in [5.74, 6) is 1.30. The van der Waals surface area contributed by atoms with Crippen LogP contribution in [0.5, 0.6) is 17.2 Å². The standard InChI is InChI=1S/C25H40N2O4/c1-4-29-22-18-20(19-23(30-5-2)24(22)31-6-3)25(28)27-26-21-16-14-12-10-8-7-9-11-13-15-17-21/h18-19H,4-17H2,1-3H3,(H,27,28). The van der Waals surface area contributed by atoms with Crippen molar-refractivity contribution >= 4 is 11.6 Å². The van der Waals surface area contributed by atoms with Gasteiger partial charge in [-0.1, -0.05) is 44.9 Å². The number of carbonyl (C=O) groups excluding carboxylic acids is 1. The molecule has 174 valence electrons. The van der Waals surface area contributed by atoms with E-state index >= 15 is 0 Å². The Labute approximate surface area is 187 Å². The lowest BCUT2D eigenvalue weighted by atomic mass is 10.00. The van der Waals surface area contributed by atoms with Crippen molar-refractivity contribution in [3.8, 4) is 17.2 Å². The molecule has 1 aromatic rings. The van der Waals surface area contributed by atoms with E-state index < -0.39 is 0 Å². The Morgan fingerprint density at radius 2 is 1.23 bits per heavy atom. The van der Waals surface area contributed by atoms with E-state index in [-0.39, 0.29) is 5.91 Å². The maximum absolute atomic E-state index is 12.9. The van der Waals surface area contributed by atoms with Gasteiger partial charge in [0, 0.05) is 11.3 Å². The molecule has 2 rings (SSSR count). The van der Waals surface area contributed by atoms with E-state index in [1.165, 1.54) is 44.9 Å². The van der Waals surface area contributed by atoms with Gasteiger partial charge in [-0.05, 0) is 58.6 Å². The second-order valence-electron chi connectivity index (χ2n) is 7.90. The molecule has 1 amide bonds. The second-order valence-corrected chi connectivity index (χ2v) is 7.90. The predicted molar refractivity (Wildman–Crippen MR) is 126 cm³/mol. The SMILES string of the molecule is CCOc1cc(C(=O)NN=C2CCCCCCCCCCC2)cc(OCC)c1OCC. The largest absolute Gasteiger partial charge is 0.490 e. The maximum atomic E-state index is 12.9. The minimum atomic E-state index is -0.261. The zero-order valence-corrected chi connectivity index (χ0v) is 19.6. The number of nitrogens with zero attached hydrogens (tertiary/aromatic N) is 1. The third kappa shape index (κ3) is 8.80. The normalized spacial score (nSPS) is 15.9. The van der Waals surface area contributed by atoms with Gasteiger partial charge in [0.2, 0.25) is 5.75 Å². The van der Waals surface area contributed by atoms with Crippen LogP contribution < -0.4 is 19.6 Å². The van der Waals surface area contributed by atoms with Gasteiger partial charge in [0.05, 0.1) is 19.8 Å². The Hall–Kier alpha value is -2.24. The number of carbonyl (C=O) groups is 1. The van der Waals surface area contributed by atoms with Gasteiger partial charge in [0.25, 0.3) is 5.91 Å². The molecule has 0 aromatic heterocycles. The summed E-state index contributed by atoms with van der Waals surface area (Å²) in [6.45, 7) is 7.14. The lowest BCUT2D eigenvalue weighted by molar-refractivity contribution is 0.0953. The molecular formula is C25H40N2O4. The van der Waals surface area contributed by atoms with Crippen LogP contribution in [0.4, 0.5) is 0 Å². The highest BCUT2D eigenvalue weighted by molar-refractivity contribution is 5.96. The third-order valence-electron chi connectivity index (χ3n) is 5.42. The van der Waals surface area contributed by atoms with E-state index in [9.17, 15) is 4.79 Å². The monoisotopic (exact) mass is 432 g/mol. The number of hydrogen-bond donors (Lipinski definition) is 1. The van der Waals surface area contributed by atoms with E-state index in [4.69, 9.17) is 14.2 Å². The number of ether oxygens (including phenoxy) is 3. The van der Waals surface area contributed by atoms with Gasteiger partial charge in [-0.3, -0.25) is 4.79 Å². The van der Waals surface area contributed by atoms with Crippen LogP contribution in [-0.2, 0) is 0 Å². The Kier molecular flexibility index (Phi) is 11.9. The zero-order chi connectivity index (χ0) is 22.3. The van der Waals surface area contributed by atoms with Crippen molar-refractivity contribution in [2.45, 2.75) is 91.4 Å². The van der Waals surface area contributed by atoms with Crippen molar-refractivity contribution in [3.05, 3.63) is 17.7 Å². The number of amides is 1. The molecule has 0 unspecified atom stereocenters. The zero-order valence-electron chi connectivity index (χ0n) is 19.6. The smallest absolute Gasteiger partial charge is 0.271 e. The first kappa shape index (κ1) is 25.0. The summed E-state index contributed by atoms with van der Waals surface area (Å²) in [6.07, 6.45) is 13.3. The summed E-state index contributed by atoms with van der Waals surface area (Å²) in [7, 11) is 0. The fraction of sp³-hybridized carbons (Fsp3) is 0.680. The topological polar surface area (TPSA) is 69.2 Å². The minimum Gasteiger partial charge on any atom is -0.490 e. The minimum absolute atomic E-state index is 0.261. The molecule has 1 saturated carbocycles. The fourth-order valence-corrected chi connectivity index (χ4v) is 3.85. The molecule has 1 fully saturated rings. The van der Waals surface area contributed by atoms with Crippen LogP contribution >= 0.6 is 0 Å². The van der Waals surface area contributed by atoms with Crippen LogP contribution in [0.3, 0.4) is 0 Å². The van der Waals surface area contributed by atoms with Crippen LogP contribution in [0.2, 0.25) is 0 Å². The molecule has 1 aromatic carbocycles. The number of nitrogens with one attached hydrogen (secondary N) is 1. The summed E-state index contributed by atoms with van der Waals surface area (Å²) >= 11 is 0. The van der Waals surface area contributed by atoms with Gasteiger partial charge < -0.3 is 14.2 Å². The molecule has 0 aliphatic heterocycles. The second kappa shape index (κ2) is 14.7. The number of benzene rings is 1. The first-order valence-corrected chi connectivity index (χ1v) is 12.1. The summed E-state index contributed by atoms with van der Waals surface area (Å²) in [4.78, 5) is 12.9. The van der Waals surface area contributed by atoms with E-state index in [1.807, 2.05) is 20.8 Å². The van der Waals surface area contributed by atoms with Crippen LogP contribution in [-0.4, -0.2) is 31.4 Å². The van der Waals surface area contributed by atoms with Gasteiger partial charge in [-0.25, -0.2) is 5.43 Å². The van der Waals surface area contributed by atoms with Gasteiger partial charge in [-0.15, -0.1) is 0 Å². The molecular weight excluding hydrogens is 392 g/mol. The molecule has 6 nitrogen and oxygen atoms in total. The number of hydrogen-bond acceptors (Lipinski definition) is 5. The van der Waals surface area contributed by atoms with Crippen LogP contribution in [0, 0.1) is 0 Å². The molecule has 0 spiro atoms. The molecule has 0 heterocycles. The Balaban J connectivity index is 2.13. The van der Waals surface area contributed by atoms with E-state index in [0.717, 1.165) is 31.4 Å². The number of hydrazone groups is 1. The molecule has 1 aliphatic rings. The first-order valence-electron chi connectivity index (χ1n) is 12.1. The summed E-state index contributed by atoms with van der Waals surface area (Å²) in [5, 5.41) is 4.50. The highest BCUT2D eigenvalue weighted by Gasteiger charge is 2.18. The van der Waals surface area contributed by atoms with Crippen LogP contribution in [0.25, 0.3) is 0 Å². The van der Waals surface area contributed by atoms with Crippen molar-refractivity contribution in [1.82, 2.24) is 5.43 Å². The van der Waals surface area contributed by atoms with Gasteiger partial charge in [-0.2, -0.15) is 5.10 Å². The summed E-state index contributed by atoms with van der Waals surface area (Å²) < 4.78 is 17.2. The Bertz CT molecular complexity index is 662. The lowest BCUT2D eigenvalue weighted by Gasteiger charge is -2.17. The Morgan fingerprint density at radius 3 is 1.68 bits per heavy atom. The number of rotatable bonds is 8. The van der Waals surface area contributed by atoms with E-state index in [2.05, 4.69) is 10.5 Å². The van der Waals surface area contributed by atoms with Crippen molar-refractivity contribution in [2.24, 2.45) is 5.10 Å². The van der Waals surface area contributed by atoms with E-state index in [1.54, 1.807) is 12.1 Å². The maximum Gasteiger partial charge on any atom is 0.271 e. The molecule has 0 atom stereocenters. The van der Waals surface area contributed by atoms with Crippen LogP contribution in [0.15, 0.2) is 17.2 Å². The molecule has 31 heavy (non-hydrogen) atoms. The molecule has 0 radical (unpaired) electrons. The van der Waals surface area contributed by atoms with Crippen molar-refractivity contribution < 1.29 is 19.0 Å². The molecule has 0 bridgehead atoms. The molecule has 6 heteroatoms. The average molecular weight is 433 g/mol. The van der Waals surface area contributed by atoms with Gasteiger partial charge in [0.1, 0.15) is 0 Å². The first-order chi connectivity index (χ1) is 15.2.